The molecule has 4 fully saturated rings. The first-order chi connectivity index (χ1) is 27.6. The number of rotatable bonds is 8. The molecule has 4 saturated heterocycles. The maximum Gasteiger partial charge on any atom is 0.262 e. The minimum atomic E-state index is -0.952. The third kappa shape index (κ3) is 7.25. The van der Waals surface area contributed by atoms with Crippen molar-refractivity contribution in [1.29, 1.82) is 0 Å². The van der Waals surface area contributed by atoms with E-state index in [0.29, 0.717) is 35.0 Å². The smallest absolute Gasteiger partial charge is 0.262 e. The molecular formula is C43H52N10O4. The van der Waals surface area contributed by atoms with E-state index in [2.05, 4.69) is 55.0 Å². The van der Waals surface area contributed by atoms with Crippen molar-refractivity contribution in [3.8, 4) is 11.3 Å². The summed E-state index contributed by atoms with van der Waals surface area (Å²) in [7, 11) is 0. The molecule has 0 aliphatic carbocycles. The van der Waals surface area contributed by atoms with Gasteiger partial charge in [-0.15, -0.1) is 0 Å². The summed E-state index contributed by atoms with van der Waals surface area (Å²) in [4.78, 5) is 66.5. The monoisotopic (exact) mass is 772 g/mol. The van der Waals surface area contributed by atoms with E-state index in [1.165, 1.54) is 12.8 Å². The quantitative estimate of drug-likeness (QED) is 0.174. The van der Waals surface area contributed by atoms with Crippen LogP contribution >= 0.6 is 0 Å². The predicted octanol–water partition coefficient (Wildman–Crippen LogP) is 4.14. The van der Waals surface area contributed by atoms with Gasteiger partial charge in [-0.25, -0.2) is 4.98 Å². The van der Waals surface area contributed by atoms with Crippen LogP contribution in [0.15, 0.2) is 54.7 Å². The van der Waals surface area contributed by atoms with E-state index in [1.807, 2.05) is 42.6 Å². The summed E-state index contributed by atoms with van der Waals surface area (Å²) in [5.41, 5.74) is 11.3. The van der Waals surface area contributed by atoms with E-state index in [-0.39, 0.29) is 18.7 Å². The number of amides is 4. The van der Waals surface area contributed by atoms with Crippen molar-refractivity contribution in [2.75, 3.05) is 67.9 Å². The average Bonchev–Trinajstić information content (AvgIpc) is 3.74. The minimum absolute atomic E-state index is 0.109. The first kappa shape index (κ1) is 37.2. The fraction of sp³-hybridized carbons (Fsp3) is 0.488. The number of nitrogens with zero attached hydrogens (tertiary/aromatic N) is 7. The summed E-state index contributed by atoms with van der Waals surface area (Å²) < 4.78 is 0. The first-order valence-electron chi connectivity index (χ1n) is 20.6. The maximum atomic E-state index is 13.4. The van der Waals surface area contributed by atoms with Crippen molar-refractivity contribution in [3.05, 3.63) is 65.9 Å². The Labute approximate surface area is 332 Å². The summed E-state index contributed by atoms with van der Waals surface area (Å²) in [6.45, 7) is 12.9. The van der Waals surface area contributed by atoms with Crippen molar-refractivity contribution in [2.24, 2.45) is 11.8 Å². The number of H-pyrrole nitrogens is 1. The van der Waals surface area contributed by atoms with E-state index >= 15 is 0 Å². The SMILES string of the molecule is C[C@@H]1CN(c2cc(-c3n[nH]c4ccc(N)cc34)ccn2)C[C@H](C)N1CC1CCN(CC2CCN(c3ccc4c(c3)C(=O)N(C3CCC(=O)NC3=O)C4=O)CC2)CC1. The van der Waals surface area contributed by atoms with Gasteiger partial charge in [-0.2, -0.15) is 5.10 Å². The number of piperidine rings is 3. The predicted molar refractivity (Wildman–Crippen MR) is 219 cm³/mol. The lowest BCUT2D eigenvalue weighted by Gasteiger charge is -2.47. The number of nitrogens with two attached hydrogens (primary N) is 1. The number of carbonyl (C=O) groups excluding carboxylic acids is 4. The molecule has 5 aliphatic rings. The number of imide groups is 2. The molecule has 0 saturated carbocycles. The van der Waals surface area contributed by atoms with Crippen LogP contribution in [0.3, 0.4) is 0 Å². The van der Waals surface area contributed by atoms with Crippen LogP contribution in [-0.4, -0.2) is 124 Å². The molecule has 5 aliphatic heterocycles. The van der Waals surface area contributed by atoms with Gasteiger partial charge in [-0.3, -0.25) is 39.4 Å². The molecule has 0 spiro atoms. The molecule has 4 N–H and O–H groups in total. The molecule has 2 aromatic heterocycles. The number of carbonyl (C=O) groups is 4. The van der Waals surface area contributed by atoms with Crippen molar-refractivity contribution in [3.63, 3.8) is 0 Å². The lowest BCUT2D eigenvalue weighted by Crippen LogP contribution is -2.58. The van der Waals surface area contributed by atoms with Crippen molar-refractivity contribution >= 4 is 51.7 Å². The van der Waals surface area contributed by atoms with E-state index in [0.717, 1.165) is 109 Å². The third-order valence-electron chi connectivity index (χ3n) is 13.1. The lowest BCUT2D eigenvalue weighted by atomic mass is 9.91. The number of hydrogen-bond donors (Lipinski definition) is 3. The standard InChI is InChI=1S/C43H52N10O4/c1-26-22-51(38-19-30(9-14-45-38)40-35-20-31(44)3-6-36(35)47-48-40)23-27(2)52(26)25-29-10-15-49(16-11-29)24-28-12-17-50(18-13-28)32-4-5-33-34(21-32)43(57)53(42(33)56)37-7-8-39(54)46-41(37)55/h3-6,9,14,19-21,26-29,37H,7-8,10-13,15-18,22-25,44H2,1-2H3,(H,47,48)(H,46,54,55)/t26-,27+,37?. The number of piperazine rings is 1. The Morgan fingerprint density at radius 1 is 0.772 bits per heavy atom. The van der Waals surface area contributed by atoms with Gasteiger partial charge in [0.25, 0.3) is 11.8 Å². The molecule has 0 bridgehead atoms. The van der Waals surface area contributed by atoms with Crippen LogP contribution in [0.5, 0.6) is 0 Å². The lowest BCUT2D eigenvalue weighted by molar-refractivity contribution is -0.136. The molecule has 9 rings (SSSR count). The molecule has 298 valence electrons. The molecule has 7 heterocycles. The summed E-state index contributed by atoms with van der Waals surface area (Å²) in [5, 5.41) is 11.0. The fourth-order valence-corrected chi connectivity index (χ4v) is 9.94. The van der Waals surface area contributed by atoms with Gasteiger partial charge in [-0.05, 0) is 119 Å². The van der Waals surface area contributed by atoms with Crippen LogP contribution in [0, 0.1) is 11.8 Å². The molecule has 57 heavy (non-hydrogen) atoms. The number of benzene rings is 2. The molecule has 1 unspecified atom stereocenters. The Hall–Kier alpha value is -5.34. The van der Waals surface area contributed by atoms with Gasteiger partial charge in [0.2, 0.25) is 11.8 Å². The Morgan fingerprint density at radius 2 is 1.49 bits per heavy atom. The van der Waals surface area contributed by atoms with E-state index in [1.54, 1.807) is 6.07 Å². The number of hydrogen-bond acceptors (Lipinski definition) is 11. The normalized spacial score (nSPS) is 24.5. The van der Waals surface area contributed by atoms with Gasteiger partial charge in [-0.1, -0.05) is 0 Å². The van der Waals surface area contributed by atoms with E-state index in [9.17, 15) is 19.2 Å². The maximum absolute atomic E-state index is 13.4. The topological polar surface area (TPSA) is 164 Å². The van der Waals surface area contributed by atoms with Gasteiger partial charge in [0, 0.05) is 86.3 Å². The van der Waals surface area contributed by atoms with Crippen LogP contribution in [0.1, 0.15) is 73.1 Å². The largest absolute Gasteiger partial charge is 0.399 e. The van der Waals surface area contributed by atoms with Gasteiger partial charge in [0.05, 0.1) is 16.6 Å². The van der Waals surface area contributed by atoms with Crippen LogP contribution < -0.4 is 20.9 Å². The first-order valence-corrected chi connectivity index (χ1v) is 20.6. The van der Waals surface area contributed by atoms with Crippen molar-refractivity contribution in [1.82, 2.24) is 35.2 Å². The molecule has 0 radical (unpaired) electrons. The van der Waals surface area contributed by atoms with Gasteiger partial charge in [0.15, 0.2) is 0 Å². The zero-order valence-electron chi connectivity index (χ0n) is 32.8. The highest BCUT2D eigenvalue weighted by atomic mass is 16.2. The minimum Gasteiger partial charge on any atom is -0.399 e. The average molecular weight is 773 g/mol. The number of nitrogens with one attached hydrogen (secondary N) is 2. The number of aromatic nitrogens is 3. The zero-order valence-corrected chi connectivity index (χ0v) is 32.8. The second kappa shape index (κ2) is 15.2. The Kier molecular flexibility index (Phi) is 9.93. The Bertz CT molecular complexity index is 2190. The van der Waals surface area contributed by atoms with Gasteiger partial charge >= 0.3 is 0 Å². The number of anilines is 3. The molecule has 4 aromatic rings. The van der Waals surface area contributed by atoms with Gasteiger partial charge in [0.1, 0.15) is 17.6 Å². The van der Waals surface area contributed by atoms with Crippen LogP contribution in [0.25, 0.3) is 22.2 Å². The van der Waals surface area contributed by atoms with Crippen LogP contribution in [0.4, 0.5) is 17.2 Å². The molecular weight excluding hydrogens is 721 g/mol. The van der Waals surface area contributed by atoms with Crippen molar-refractivity contribution < 1.29 is 19.2 Å². The summed E-state index contributed by atoms with van der Waals surface area (Å²) in [6.07, 6.45) is 6.76. The number of nitrogen functional groups attached to an aromatic ring is 1. The third-order valence-corrected chi connectivity index (χ3v) is 13.1. The molecule has 3 atom stereocenters. The summed E-state index contributed by atoms with van der Waals surface area (Å²) in [6, 6.07) is 15.3. The summed E-state index contributed by atoms with van der Waals surface area (Å²) in [5.74, 6) is 0.426. The molecule has 2 aromatic carbocycles. The number of likely N-dealkylation sites (tertiary alicyclic amines) is 1. The zero-order chi connectivity index (χ0) is 39.4. The fourth-order valence-electron chi connectivity index (χ4n) is 9.94. The van der Waals surface area contributed by atoms with Gasteiger partial charge < -0.3 is 20.4 Å². The molecule has 14 heteroatoms. The summed E-state index contributed by atoms with van der Waals surface area (Å²) >= 11 is 0. The molecule has 14 nitrogen and oxygen atoms in total. The van der Waals surface area contributed by atoms with E-state index in [4.69, 9.17) is 10.7 Å². The van der Waals surface area contributed by atoms with Crippen LogP contribution in [0.2, 0.25) is 0 Å². The highest BCUT2D eigenvalue weighted by Crippen LogP contribution is 2.34. The highest BCUT2D eigenvalue weighted by molar-refractivity contribution is 6.23. The number of fused-ring (bicyclic) bond motifs is 2. The second-order valence-electron chi connectivity index (χ2n) is 16.9. The van der Waals surface area contributed by atoms with Crippen LogP contribution in [-0.2, 0) is 9.59 Å². The van der Waals surface area contributed by atoms with E-state index < -0.39 is 23.8 Å². The van der Waals surface area contributed by atoms with Crippen molar-refractivity contribution in [2.45, 2.75) is 70.5 Å². The Morgan fingerprint density at radius 3 is 2.25 bits per heavy atom. The Balaban J connectivity index is 0.737. The second-order valence-corrected chi connectivity index (χ2v) is 16.9. The molecule has 4 amide bonds. The number of pyridine rings is 1. The number of aromatic amines is 1. The highest BCUT2D eigenvalue weighted by Gasteiger charge is 2.45.